The van der Waals surface area contributed by atoms with Gasteiger partial charge in [-0.05, 0) is 31.4 Å². The van der Waals surface area contributed by atoms with E-state index in [9.17, 15) is 4.79 Å². The summed E-state index contributed by atoms with van der Waals surface area (Å²) in [6.45, 7) is 8.32. The summed E-state index contributed by atoms with van der Waals surface area (Å²) < 4.78 is 7.85. The van der Waals surface area contributed by atoms with E-state index in [0.29, 0.717) is 28.6 Å². The first-order valence-corrected chi connectivity index (χ1v) is 11.1. The highest BCUT2D eigenvalue weighted by Crippen LogP contribution is 2.27. The van der Waals surface area contributed by atoms with Gasteiger partial charge in [-0.1, -0.05) is 43.8 Å². The second-order valence-electron chi connectivity index (χ2n) is 6.98. The molecule has 0 aliphatic heterocycles. The van der Waals surface area contributed by atoms with E-state index in [0.717, 1.165) is 17.0 Å². The summed E-state index contributed by atoms with van der Waals surface area (Å²) >= 11 is 2.77. The Labute approximate surface area is 178 Å². The summed E-state index contributed by atoms with van der Waals surface area (Å²) in [5.41, 5.74) is 2.05. The smallest absolute Gasteiger partial charge is 0.239 e. The van der Waals surface area contributed by atoms with Crippen LogP contribution in [-0.4, -0.2) is 30.9 Å². The average molecular weight is 432 g/mol. The number of carbonyl (C=O) groups is 1. The molecule has 0 aliphatic carbocycles. The number of nitrogens with zero attached hydrogens (tertiary/aromatic N) is 4. The maximum atomic E-state index is 12.4. The van der Waals surface area contributed by atoms with Crippen LogP contribution in [0.25, 0.3) is 0 Å². The van der Waals surface area contributed by atoms with Gasteiger partial charge in [0.25, 0.3) is 0 Å². The lowest BCUT2D eigenvalue weighted by atomic mass is 10.0. The summed E-state index contributed by atoms with van der Waals surface area (Å²) in [5.74, 6) is 1.81. The molecule has 1 amide bonds. The molecule has 9 heteroatoms. The van der Waals surface area contributed by atoms with Crippen LogP contribution >= 0.6 is 23.1 Å². The molecule has 0 bridgehead atoms. The van der Waals surface area contributed by atoms with Crippen molar-refractivity contribution in [3.8, 4) is 5.75 Å². The quantitative estimate of drug-likeness (QED) is 0.532. The van der Waals surface area contributed by atoms with E-state index in [1.807, 2.05) is 49.0 Å². The fraction of sp³-hybridized carbons (Fsp3) is 0.400. The predicted molar refractivity (Wildman–Crippen MR) is 117 cm³/mol. The number of nitrogens with one attached hydrogen (secondary N) is 1. The number of hydrogen-bond acceptors (Lipinski definition) is 7. The molecule has 0 fully saturated rings. The molecular weight excluding hydrogens is 406 g/mol. The molecule has 1 N–H and O–H groups in total. The van der Waals surface area contributed by atoms with Gasteiger partial charge in [-0.2, -0.15) is 0 Å². The van der Waals surface area contributed by atoms with E-state index in [1.165, 1.54) is 23.1 Å². The van der Waals surface area contributed by atoms with E-state index in [-0.39, 0.29) is 11.2 Å². The van der Waals surface area contributed by atoms with Gasteiger partial charge in [-0.3, -0.25) is 4.79 Å². The number of ether oxygens (including phenoxy) is 1. The van der Waals surface area contributed by atoms with Crippen molar-refractivity contribution in [3.63, 3.8) is 0 Å². The lowest BCUT2D eigenvalue weighted by molar-refractivity contribution is -0.115. The normalized spacial score (nSPS) is 12.2. The highest BCUT2D eigenvalue weighted by Gasteiger charge is 2.20. The first-order valence-electron chi connectivity index (χ1n) is 9.34. The van der Waals surface area contributed by atoms with Gasteiger partial charge >= 0.3 is 0 Å². The van der Waals surface area contributed by atoms with Crippen molar-refractivity contribution in [3.05, 3.63) is 46.7 Å². The SMILES string of the molecule is Cc1csc(NC(=O)[C@H](C)Sc2nnc(COc3ccccc3C(C)C)n2C)n1. The Hall–Kier alpha value is -2.39. The molecule has 0 aliphatic rings. The van der Waals surface area contributed by atoms with Gasteiger partial charge in [0.2, 0.25) is 5.91 Å². The third-order valence-electron chi connectivity index (χ3n) is 4.32. The highest BCUT2D eigenvalue weighted by atomic mass is 32.2. The van der Waals surface area contributed by atoms with Crippen LogP contribution in [0.15, 0.2) is 34.8 Å². The number of hydrogen-bond donors (Lipinski definition) is 1. The molecule has 1 atom stereocenters. The maximum Gasteiger partial charge on any atom is 0.239 e. The highest BCUT2D eigenvalue weighted by molar-refractivity contribution is 8.00. The molecule has 0 spiro atoms. The molecule has 3 aromatic rings. The molecule has 3 rings (SSSR count). The van der Waals surface area contributed by atoms with Gasteiger partial charge in [0.15, 0.2) is 16.1 Å². The van der Waals surface area contributed by atoms with Gasteiger partial charge in [-0.15, -0.1) is 21.5 Å². The van der Waals surface area contributed by atoms with Crippen LogP contribution in [0.4, 0.5) is 5.13 Å². The van der Waals surface area contributed by atoms with E-state index in [2.05, 4.69) is 40.4 Å². The summed E-state index contributed by atoms with van der Waals surface area (Å²) in [4.78, 5) is 16.7. The van der Waals surface area contributed by atoms with Crippen molar-refractivity contribution in [2.45, 2.75) is 50.6 Å². The van der Waals surface area contributed by atoms with Crippen molar-refractivity contribution >= 4 is 34.1 Å². The number of carbonyl (C=O) groups excluding carboxylic acids is 1. The summed E-state index contributed by atoms with van der Waals surface area (Å²) in [5, 5.41) is 14.1. The monoisotopic (exact) mass is 431 g/mol. The van der Waals surface area contributed by atoms with Crippen molar-refractivity contribution in [2.24, 2.45) is 7.05 Å². The van der Waals surface area contributed by atoms with E-state index >= 15 is 0 Å². The van der Waals surface area contributed by atoms with E-state index in [1.54, 1.807) is 0 Å². The van der Waals surface area contributed by atoms with Crippen LogP contribution in [0.3, 0.4) is 0 Å². The predicted octanol–water partition coefficient (Wildman–Crippen LogP) is 4.40. The first kappa shape index (κ1) is 21.3. The Bertz CT molecular complexity index is 983. The number of anilines is 1. The molecular formula is C20H25N5O2S2. The van der Waals surface area contributed by atoms with Gasteiger partial charge < -0.3 is 14.6 Å². The van der Waals surface area contributed by atoms with E-state index < -0.39 is 0 Å². The van der Waals surface area contributed by atoms with Gasteiger partial charge in [0.1, 0.15) is 12.4 Å². The molecule has 154 valence electrons. The first-order chi connectivity index (χ1) is 13.8. The number of amides is 1. The molecule has 0 radical (unpaired) electrons. The molecule has 0 unspecified atom stereocenters. The van der Waals surface area contributed by atoms with Gasteiger partial charge in [-0.25, -0.2) is 4.98 Å². The molecule has 2 heterocycles. The topological polar surface area (TPSA) is 81.9 Å². The van der Waals surface area contributed by atoms with Crippen LogP contribution in [-0.2, 0) is 18.4 Å². The molecule has 0 saturated heterocycles. The third kappa shape index (κ3) is 5.36. The minimum absolute atomic E-state index is 0.115. The van der Waals surface area contributed by atoms with Crippen molar-refractivity contribution in [1.82, 2.24) is 19.7 Å². The summed E-state index contributed by atoms with van der Waals surface area (Å²) in [6.07, 6.45) is 0. The number of para-hydroxylation sites is 1. The minimum atomic E-state index is -0.336. The summed E-state index contributed by atoms with van der Waals surface area (Å²) in [7, 11) is 1.88. The molecule has 2 aromatic heterocycles. The number of aromatic nitrogens is 4. The van der Waals surface area contributed by atoms with Crippen LogP contribution < -0.4 is 10.1 Å². The Morgan fingerprint density at radius 1 is 1.28 bits per heavy atom. The van der Waals surface area contributed by atoms with Crippen LogP contribution in [0, 0.1) is 6.92 Å². The zero-order chi connectivity index (χ0) is 21.0. The Morgan fingerprint density at radius 3 is 2.72 bits per heavy atom. The van der Waals surface area contributed by atoms with Gasteiger partial charge in [0.05, 0.1) is 10.9 Å². The molecule has 0 saturated carbocycles. The zero-order valence-electron chi connectivity index (χ0n) is 17.2. The molecule has 29 heavy (non-hydrogen) atoms. The van der Waals surface area contributed by atoms with Crippen LogP contribution in [0.2, 0.25) is 0 Å². The summed E-state index contributed by atoms with van der Waals surface area (Å²) in [6, 6.07) is 8.01. The number of benzene rings is 1. The van der Waals surface area contributed by atoms with Crippen LogP contribution in [0.1, 0.15) is 43.8 Å². The van der Waals surface area contributed by atoms with Gasteiger partial charge in [0, 0.05) is 12.4 Å². The molecule has 1 aromatic carbocycles. The largest absolute Gasteiger partial charge is 0.485 e. The number of thiazole rings is 1. The Kier molecular flexibility index (Phi) is 6.92. The maximum absolute atomic E-state index is 12.4. The zero-order valence-corrected chi connectivity index (χ0v) is 18.8. The lowest BCUT2D eigenvalue weighted by Gasteiger charge is -2.14. The third-order valence-corrected chi connectivity index (χ3v) is 6.33. The average Bonchev–Trinajstić information content (AvgIpc) is 3.25. The fourth-order valence-corrected chi connectivity index (χ4v) is 4.16. The number of aryl methyl sites for hydroxylation is 1. The second kappa shape index (κ2) is 9.41. The standard InChI is InChI=1S/C20H25N5O2S2/c1-12(2)15-8-6-7-9-16(15)27-10-17-23-24-20(25(17)5)29-14(4)18(26)22-19-21-13(3)11-28-19/h6-9,11-12,14H,10H2,1-5H3,(H,21,22,26)/t14-/m0/s1. The van der Waals surface area contributed by atoms with Crippen molar-refractivity contribution in [2.75, 3.05) is 5.32 Å². The second-order valence-corrected chi connectivity index (χ2v) is 9.15. The van der Waals surface area contributed by atoms with Crippen molar-refractivity contribution < 1.29 is 9.53 Å². The van der Waals surface area contributed by atoms with Crippen LogP contribution in [0.5, 0.6) is 5.75 Å². The minimum Gasteiger partial charge on any atom is -0.485 e. The Morgan fingerprint density at radius 2 is 2.03 bits per heavy atom. The van der Waals surface area contributed by atoms with E-state index in [4.69, 9.17) is 4.74 Å². The molecule has 7 nitrogen and oxygen atoms in total. The number of rotatable bonds is 8. The Balaban J connectivity index is 1.61. The van der Waals surface area contributed by atoms with Crippen molar-refractivity contribution in [1.29, 1.82) is 0 Å². The fourth-order valence-electron chi connectivity index (χ4n) is 2.63. The lowest BCUT2D eigenvalue weighted by Crippen LogP contribution is -2.22. The number of thioether (sulfide) groups is 1.